The predicted octanol–water partition coefficient (Wildman–Crippen LogP) is 4.57. The molecule has 1 aliphatic rings. The SMILES string of the molecule is O=C(c1ccc2oc3ccccc3c2c1)C1CCC1. The number of carbonyl (C=O) groups excluding carboxylic acids is 1. The van der Waals surface area contributed by atoms with E-state index < -0.39 is 0 Å². The van der Waals surface area contributed by atoms with Crippen molar-refractivity contribution in [3.63, 3.8) is 0 Å². The molecule has 1 aromatic heterocycles. The first-order chi connectivity index (χ1) is 9.33. The minimum absolute atomic E-state index is 0.246. The second-order valence-corrected chi connectivity index (χ2v) is 5.30. The summed E-state index contributed by atoms with van der Waals surface area (Å²) in [6, 6.07) is 13.8. The molecule has 1 heterocycles. The summed E-state index contributed by atoms with van der Waals surface area (Å²) in [4.78, 5) is 12.3. The molecule has 0 spiro atoms. The van der Waals surface area contributed by atoms with Gasteiger partial charge in [0.25, 0.3) is 0 Å². The first-order valence-electron chi connectivity index (χ1n) is 6.78. The van der Waals surface area contributed by atoms with E-state index in [-0.39, 0.29) is 5.92 Å². The summed E-state index contributed by atoms with van der Waals surface area (Å²) >= 11 is 0. The maximum Gasteiger partial charge on any atom is 0.165 e. The van der Waals surface area contributed by atoms with Crippen LogP contribution in [0.25, 0.3) is 21.9 Å². The molecule has 1 saturated carbocycles. The van der Waals surface area contributed by atoms with Crippen LogP contribution in [0.1, 0.15) is 29.6 Å². The highest BCUT2D eigenvalue weighted by Crippen LogP contribution is 2.33. The Labute approximate surface area is 111 Å². The number of hydrogen-bond donors (Lipinski definition) is 0. The summed E-state index contributed by atoms with van der Waals surface area (Å²) in [7, 11) is 0. The Morgan fingerprint density at radius 2 is 1.79 bits per heavy atom. The molecule has 19 heavy (non-hydrogen) atoms. The molecule has 2 heteroatoms. The van der Waals surface area contributed by atoms with Crippen molar-refractivity contribution < 1.29 is 9.21 Å². The third-order valence-corrected chi connectivity index (χ3v) is 4.14. The van der Waals surface area contributed by atoms with Crippen LogP contribution in [0.3, 0.4) is 0 Å². The van der Waals surface area contributed by atoms with Gasteiger partial charge >= 0.3 is 0 Å². The number of para-hydroxylation sites is 1. The van der Waals surface area contributed by atoms with Gasteiger partial charge in [0.1, 0.15) is 11.2 Å². The lowest BCUT2D eigenvalue weighted by molar-refractivity contribution is 0.0855. The van der Waals surface area contributed by atoms with Gasteiger partial charge in [-0.2, -0.15) is 0 Å². The number of benzene rings is 2. The van der Waals surface area contributed by atoms with Crippen molar-refractivity contribution in [3.05, 3.63) is 48.0 Å². The zero-order valence-electron chi connectivity index (χ0n) is 10.6. The lowest BCUT2D eigenvalue weighted by Crippen LogP contribution is -2.21. The van der Waals surface area contributed by atoms with Gasteiger partial charge in [0, 0.05) is 22.3 Å². The van der Waals surface area contributed by atoms with E-state index in [0.717, 1.165) is 40.3 Å². The standard InChI is InChI=1S/C17H14O2/c18-17(11-4-3-5-11)12-8-9-16-14(10-12)13-6-1-2-7-15(13)19-16/h1-2,6-11H,3-5H2. The molecule has 0 saturated heterocycles. The quantitative estimate of drug-likeness (QED) is 0.624. The number of ketones is 1. The summed E-state index contributed by atoms with van der Waals surface area (Å²) in [5.74, 6) is 0.536. The highest BCUT2D eigenvalue weighted by Gasteiger charge is 2.26. The van der Waals surface area contributed by atoms with Crippen molar-refractivity contribution in [2.24, 2.45) is 5.92 Å². The predicted molar refractivity (Wildman–Crippen MR) is 75.4 cm³/mol. The molecule has 2 aromatic carbocycles. The van der Waals surface area contributed by atoms with Crippen molar-refractivity contribution in [2.45, 2.75) is 19.3 Å². The third-order valence-electron chi connectivity index (χ3n) is 4.14. The zero-order chi connectivity index (χ0) is 12.8. The molecule has 1 fully saturated rings. The largest absolute Gasteiger partial charge is 0.456 e. The van der Waals surface area contributed by atoms with Crippen LogP contribution in [0.2, 0.25) is 0 Å². The number of rotatable bonds is 2. The first kappa shape index (κ1) is 10.8. The van der Waals surface area contributed by atoms with E-state index in [0.29, 0.717) is 5.78 Å². The van der Waals surface area contributed by atoms with Crippen molar-refractivity contribution in [3.8, 4) is 0 Å². The number of Topliss-reactive ketones (excluding diaryl/α,β-unsaturated/α-hetero) is 1. The average molecular weight is 250 g/mol. The molecule has 1 aliphatic carbocycles. The molecule has 4 rings (SSSR count). The van der Waals surface area contributed by atoms with Crippen LogP contribution in [0.4, 0.5) is 0 Å². The Morgan fingerprint density at radius 1 is 1.00 bits per heavy atom. The van der Waals surface area contributed by atoms with E-state index in [2.05, 4.69) is 0 Å². The summed E-state index contributed by atoms with van der Waals surface area (Å²) in [5.41, 5.74) is 2.56. The Balaban J connectivity index is 1.89. The van der Waals surface area contributed by atoms with Crippen LogP contribution in [0.15, 0.2) is 46.9 Å². The van der Waals surface area contributed by atoms with Crippen LogP contribution in [0, 0.1) is 5.92 Å². The number of furan rings is 1. The summed E-state index contributed by atoms with van der Waals surface area (Å²) in [5, 5.41) is 2.13. The molecule has 0 aliphatic heterocycles. The lowest BCUT2D eigenvalue weighted by atomic mass is 9.80. The highest BCUT2D eigenvalue weighted by molar-refractivity contribution is 6.09. The molecule has 3 aromatic rings. The van der Waals surface area contributed by atoms with Gasteiger partial charge in [-0.1, -0.05) is 24.6 Å². The molecular formula is C17H14O2. The van der Waals surface area contributed by atoms with Crippen LogP contribution < -0.4 is 0 Å². The van der Waals surface area contributed by atoms with E-state index in [1.807, 2.05) is 42.5 Å². The van der Waals surface area contributed by atoms with Gasteiger partial charge in [-0.15, -0.1) is 0 Å². The maximum atomic E-state index is 12.3. The minimum atomic E-state index is 0.246. The summed E-state index contributed by atoms with van der Waals surface area (Å²) in [6.07, 6.45) is 3.28. The third kappa shape index (κ3) is 1.60. The molecule has 0 atom stereocenters. The lowest BCUT2D eigenvalue weighted by Gasteiger charge is -2.23. The summed E-state index contributed by atoms with van der Waals surface area (Å²) in [6.45, 7) is 0. The number of hydrogen-bond acceptors (Lipinski definition) is 2. The molecule has 0 radical (unpaired) electrons. The van der Waals surface area contributed by atoms with Gasteiger partial charge in [0.2, 0.25) is 0 Å². The molecule has 0 N–H and O–H groups in total. The monoisotopic (exact) mass is 250 g/mol. The van der Waals surface area contributed by atoms with E-state index in [4.69, 9.17) is 4.42 Å². The average Bonchev–Trinajstić information content (AvgIpc) is 2.74. The van der Waals surface area contributed by atoms with Crippen molar-refractivity contribution >= 4 is 27.7 Å². The second-order valence-electron chi connectivity index (χ2n) is 5.30. The van der Waals surface area contributed by atoms with Gasteiger partial charge in [0.15, 0.2) is 5.78 Å². The van der Waals surface area contributed by atoms with Gasteiger partial charge in [-0.25, -0.2) is 0 Å². The second kappa shape index (κ2) is 3.95. The molecule has 94 valence electrons. The Hall–Kier alpha value is -2.09. The fourth-order valence-corrected chi connectivity index (χ4v) is 2.79. The van der Waals surface area contributed by atoms with Crippen LogP contribution in [0.5, 0.6) is 0 Å². The molecular weight excluding hydrogens is 236 g/mol. The normalized spacial score (nSPS) is 15.8. The van der Waals surface area contributed by atoms with E-state index in [1.54, 1.807) is 0 Å². The van der Waals surface area contributed by atoms with Crippen molar-refractivity contribution in [2.75, 3.05) is 0 Å². The van der Waals surface area contributed by atoms with Gasteiger partial charge in [-0.05, 0) is 37.1 Å². The Morgan fingerprint density at radius 3 is 2.58 bits per heavy atom. The maximum absolute atomic E-state index is 12.3. The van der Waals surface area contributed by atoms with Crippen LogP contribution in [-0.2, 0) is 0 Å². The molecule has 0 unspecified atom stereocenters. The molecule has 2 nitrogen and oxygen atoms in total. The Bertz CT molecular complexity index is 778. The van der Waals surface area contributed by atoms with Crippen molar-refractivity contribution in [1.82, 2.24) is 0 Å². The van der Waals surface area contributed by atoms with E-state index in [9.17, 15) is 4.79 Å². The highest BCUT2D eigenvalue weighted by atomic mass is 16.3. The van der Waals surface area contributed by atoms with Gasteiger partial charge in [0.05, 0.1) is 0 Å². The van der Waals surface area contributed by atoms with E-state index in [1.165, 1.54) is 6.42 Å². The summed E-state index contributed by atoms with van der Waals surface area (Å²) < 4.78 is 5.78. The number of carbonyl (C=O) groups is 1. The van der Waals surface area contributed by atoms with Gasteiger partial charge < -0.3 is 4.42 Å². The smallest absolute Gasteiger partial charge is 0.165 e. The minimum Gasteiger partial charge on any atom is -0.456 e. The Kier molecular flexibility index (Phi) is 2.25. The topological polar surface area (TPSA) is 30.2 Å². The fraction of sp³-hybridized carbons (Fsp3) is 0.235. The van der Waals surface area contributed by atoms with Gasteiger partial charge in [-0.3, -0.25) is 4.79 Å². The zero-order valence-corrected chi connectivity index (χ0v) is 10.6. The molecule has 0 amide bonds. The number of fused-ring (bicyclic) bond motifs is 3. The fourth-order valence-electron chi connectivity index (χ4n) is 2.79. The van der Waals surface area contributed by atoms with Crippen LogP contribution in [-0.4, -0.2) is 5.78 Å². The van der Waals surface area contributed by atoms with Crippen LogP contribution >= 0.6 is 0 Å². The van der Waals surface area contributed by atoms with Crippen molar-refractivity contribution in [1.29, 1.82) is 0 Å². The van der Waals surface area contributed by atoms with E-state index >= 15 is 0 Å². The molecule has 0 bridgehead atoms. The first-order valence-corrected chi connectivity index (χ1v) is 6.78.